The van der Waals surface area contributed by atoms with E-state index in [1.165, 1.54) is 23.5 Å². The van der Waals surface area contributed by atoms with Gasteiger partial charge in [0.1, 0.15) is 10.6 Å². The van der Waals surface area contributed by atoms with Crippen molar-refractivity contribution in [2.24, 2.45) is 0 Å². The van der Waals surface area contributed by atoms with Gasteiger partial charge in [0.25, 0.3) is 5.91 Å². The SMILES string of the molecule is CCC(C)NC(=O)c1ccc(OC)c(S(=O)(=O)N2CCCC2)c1. The average Bonchev–Trinajstić information content (AvgIpc) is 3.09. The zero-order chi connectivity index (χ0) is 17.0. The van der Waals surface area contributed by atoms with Crippen molar-refractivity contribution in [1.82, 2.24) is 9.62 Å². The van der Waals surface area contributed by atoms with E-state index < -0.39 is 10.0 Å². The topological polar surface area (TPSA) is 75.7 Å². The summed E-state index contributed by atoms with van der Waals surface area (Å²) in [6.45, 7) is 4.90. The molecule has 128 valence electrons. The van der Waals surface area contributed by atoms with Crippen LogP contribution >= 0.6 is 0 Å². The molecular weight excluding hydrogens is 316 g/mol. The lowest BCUT2D eigenvalue weighted by molar-refractivity contribution is 0.0939. The van der Waals surface area contributed by atoms with Gasteiger partial charge in [0, 0.05) is 24.7 Å². The van der Waals surface area contributed by atoms with E-state index in [2.05, 4.69) is 5.32 Å². The second-order valence-electron chi connectivity index (χ2n) is 5.76. The Bertz CT molecular complexity index is 667. The van der Waals surface area contributed by atoms with E-state index in [1.54, 1.807) is 6.07 Å². The first kappa shape index (κ1) is 17.7. The fourth-order valence-corrected chi connectivity index (χ4v) is 4.19. The molecule has 7 heteroatoms. The quantitative estimate of drug-likeness (QED) is 0.859. The minimum absolute atomic E-state index is 0.0308. The van der Waals surface area contributed by atoms with E-state index >= 15 is 0 Å². The lowest BCUT2D eigenvalue weighted by Crippen LogP contribution is -2.32. The third-order valence-electron chi connectivity index (χ3n) is 4.10. The number of benzene rings is 1. The summed E-state index contributed by atoms with van der Waals surface area (Å²) in [5.74, 6) is -0.0168. The maximum atomic E-state index is 12.8. The molecule has 1 heterocycles. The lowest BCUT2D eigenvalue weighted by Gasteiger charge is -2.18. The fourth-order valence-electron chi connectivity index (χ4n) is 2.50. The molecule has 6 nitrogen and oxygen atoms in total. The number of hydrogen-bond acceptors (Lipinski definition) is 4. The summed E-state index contributed by atoms with van der Waals surface area (Å²) in [5.41, 5.74) is 0.323. The molecule has 0 bridgehead atoms. The van der Waals surface area contributed by atoms with Gasteiger partial charge in [0.05, 0.1) is 7.11 Å². The van der Waals surface area contributed by atoms with Crippen molar-refractivity contribution < 1.29 is 17.9 Å². The van der Waals surface area contributed by atoms with Gasteiger partial charge in [-0.2, -0.15) is 4.31 Å². The number of carbonyl (C=O) groups excluding carboxylic acids is 1. The summed E-state index contributed by atoms with van der Waals surface area (Å²) >= 11 is 0. The molecule has 1 saturated heterocycles. The Morgan fingerprint density at radius 2 is 2.00 bits per heavy atom. The number of methoxy groups -OCH3 is 1. The van der Waals surface area contributed by atoms with Gasteiger partial charge in [-0.15, -0.1) is 0 Å². The fraction of sp³-hybridized carbons (Fsp3) is 0.562. The maximum absolute atomic E-state index is 12.8. The van der Waals surface area contributed by atoms with E-state index in [4.69, 9.17) is 4.74 Å². The number of carbonyl (C=O) groups is 1. The largest absolute Gasteiger partial charge is 0.495 e. The summed E-state index contributed by atoms with van der Waals surface area (Å²) in [4.78, 5) is 12.3. The molecule has 1 aliphatic heterocycles. The minimum Gasteiger partial charge on any atom is -0.495 e. The molecule has 0 aliphatic carbocycles. The zero-order valence-corrected chi connectivity index (χ0v) is 14.6. The molecule has 1 amide bonds. The van der Waals surface area contributed by atoms with Crippen LogP contribution < -0.4 is 10.1 Å². The van der Waals surface area contributed by atoms with E-state index in [0.29, 0.717) is 18.7 Å². The second kappa shape index (κ2) is 7.31. The number of ether oxygens (including phenoxy) is 1. The molecule has 1 unspecified atom stereocenters. The normalized spacial score (nSPS) is 17.0. The highest BCUT2D eigenvalue weighted by Crippen LogP contribution is 2.29. The molecule has 1 aliphatic rings. The van der Waals surface area contributed by atoms with E-state index in [9.17, 15) is 13.2 Å². The van der Waals surface area contributed by atoms with Crippen LogP contribution in [0.15, 0.2) is 23.1 Å². The molecule has 1 N–H and O–H groups in total. The number of hydrogen-bond donors (Lipinski definition) is 1. The van der Waals surface area contributed by atoms with E-state index in [0.717, 1.165) is 19.3 Å². The van der Waals surface area contributed by atoms with E-state index in [1.807, 2.05) is 13.8 Å². The smallest absolute Gasteiger partial charge is 0.251 e. The second-order valence-corrected chi connectivity index (χ2v) is 7.67. The van der Waals surface area contributed by atoms with Crippen LogP contribution in [0.25, 0.3) is 0 Å². The van der Waals surface area contributed by atoms with E-state index in [-0.39, 0.29) is 22.6 Å². The third kappa shape index (κ3) is 3.84. The van der Waals surface area contributed by atoms with Crippen LogP contribution in [0.2, 0.25) is 0 Å². The van der Waals surface area contributed by atoms with Crippen LogP contribution in [0.3, 0.4) is 0 Å². The molecule has 1 atom stereocenters. The molecule has 23 heavy (non-hydrogen) atoms. The summed E-state index contributed by atoms with van der Waals surface area (Å²) in [5, 5.41) is 2.84. The number of nitrogens with zero attached hydrogens (tertiary/aromatic N) is 1. The summed E-state index contributed by atoms with van der Waals surface area (Å²) in [6, 6.07) is 4.56. The molecule has 0 aromatic heterocycles. The van der Waals surface area contributed by atoms with Gasteiger partial charge in [-0.05, 0) is 44.4 Å². The van der Waals surface area contributed by atoms with Crippen LogP contribution in [-0.2, 0) is 10.0 Å². The maximum Gasteiger partial charge on any atom is 0.251 e. The number of nitrogens with one attached hydrogen (secondary N) is 1. The van der Waals surface area contributed by atoms with Gasteiger partial charge in [0.2, 0.25) is 10.0 Å². The van der Waals surface area contributed by atoms with Crippen molar-refractivity contribution in [3.63, 3.8) is 0 Å². The highest BCUT2D eigenvalue weighted by atomic mass is 32.2. The predicted octanol–water partition coefficient (Wildman–Crippen LogP) is 2.01. The monoisotopic (exact) mass is 340 g/mol. The van der Waals surface area contributed by atoms with Crippen molar-refractivity contribution >= 4 is 15.9 Å². The van der Waals surface area contributed by atoms with Crippen molar-refractivity contribution in [1.29, 1.82) is 0 Å². The highest BCUT2D eigenvalue weighted by molar-refractivity contribution is 7.89. The molecule has 1 aromatic rings. The molecule has 1 fully saturated rings. The predicted molar refractivity (Wildman–Crippen MR) is 88.2 cm³/mol. The summed E-state index contributed by atoms with van der Waals surface area (Å²) in [7, 11) is -2.22. The molecule has 1 aromatic carbocycles. The van der Waals surface area contributed by atoms with Crippen LogP contribution in [-0.4, -0.2) is 44.9 Å². The first-order valence-electron chi connectivity index (χ1n) is 7.89. The van der Waals surface area contributed by atoms with Crippen molar-refractivity contribution in [3.05, 3.63) is 23.8 Å². The first-order chi connectivity index (χ1) is 10.9. The summed E-state index contributed by atoms with van der Waals surface area (Å²) < 4.78 is 32.2. The van der Waals surface area contributed by atoms with Crippen molar-refractivity contribution in [3.8, 4) is 5.75 Å². The summed E-state index contributed by atoms with van der Waals surface area (Å²) in [6.07, 6.45) is 2.52. The number of sulfonamides is 1. The van der Waals surface area contributed by atoms with Crippen LogP contribution in [0.5, 0.6) is 5.75 Å². The molecule has 0 spiro atoms. The number of amides is 1. The zero-order valence-electron chi connectivity index (χ0n) is 13.8. The van der Waals surface area contributed by atoms with Gasteiger partial charge in [-0.25, -0.2) is 8.42 Å². The average molecular weight is 340 g/mol. The Morgan fingerprint density at radius 3 is 2.57 bits per heavy atom. The van der Waals surface area contributed by atoms with Crippen LogP contribution in [0, 0.1) is 0 Å². The Labute approximate surface area is 137 Å². The molecule has 0 saturated carbocycles. The molecule has 0 radical (unpaired) electrons. The van der Waals surface area contributed by atoms with Crippen molar-refractivity contribution in [2.75, 3.05) is 20.2 Å². The standard InChI is InChI=1S/C16H24N2O4S/c1-4-12(2)17-16(19)13-7-8-14(22-3)15(11-13)23(20,21)18-9-5-6-10-18/h7-8,11-12H,4-6,9-10H2,1-3H3,(H,17,19). The lowest BCUT2D eigenvalue weighted by atomic mass is 10.2. The minimum atomic E-state index is -3.64. The molecular formula is C16H24N2O4S. The van der Waals surface area contributed by atoms with Gasteiger partial charge in [-0.3, -0.25) is 4.79 Å². The Balaban J connectivity index is 2.38. The molecule has 2 rings (SSSR count). The third-order valence-corrected chi connectivity index (χ3v) is 6.02. The van der Waals surface area contributed by atoms with Crippen LogP contribution in [0.4, 0.5) is 0 Å². The Morgan fingerprint density at radius 1 is 1.35 bits per heavy atom. The van der Waals surface area contributed by atoms with Gasteiger partial charge >= 0.3 is 0 Å². The Hall–Kier alpha value is -1.60. The Kier molecular flexibility index (Phi) is 5.64. The number of rotatable bonds is 6. The van der Waals surface area contributed by atoms with Gasteiger partial charge < -0.3 is 10.1 Å². The van der Waals surface area contributed by atoms with Gasteiger partial charge in [0.15, 0.2) is 0 Å². The first-order valence-corrected chi connectivity index (χ1v) is 9.33. The van der Waals surface area contributed by atoms with Gasteiger partial charge in [-0.1, -0.05) is 6.92 Å². The highest BCUT2D eigenvalue weighted by Gasteiger charge is 2.30. The van der Waals surface area contributed by atoms with Crippen LogP contribution in [0.1, 0.15) is 43.5 Å². The van der Waals surface area contributed by atoms with Crippen molar-refractivity contribution in [2.45, 2.75) is 44.0 Å².